The Morgan fingerprint density at radius 1 is 1.03 bits per heavy atom. The fourth-order valence-corrected chi connectivity index (χ4v) is 5.55. The predicted molar refractivity (Wildman–Crippen MR) is 119 cm³/mol. The molecule has 3 N–H and O–H groups in total. The minimum Gasteiger partial charge on any atom is -0.504 e. The van der Waals surface area contributed by atoms with Crippen LogP contribution in [0.5, 0.6) is 5.75 Å². The minimum absolute atomic E-state index is 0.0254. The van der Waals surface area contributed by atoms with Crippen LogP contribution in [0.4, 0.5) is 5.69 Å². The molecule has 0 spiro atoms. The molecule has 0 saturated heterocycles. The van der Waals surface area contributed by atoms with Crippen molar-refractivity contribution < 1.29 is 23.1 Å². The van der Waals surface area contributed by atoms with E-state index in [1.165, 1.54) is 26.2 Å². The predicted octanol–water partition coefficient (Wildman–Crippen LogP) is 2.55. The molecular weight excluding hydrogens is 442 g/mol. The van der Waals surface area contributed by atoms with E-state index >= 15 is 0 Å². The van der Waals surface area contributed by atoms with E-state index in [0.29, 0.717) is 0 Å². The molecule has 0 aliphatic heterocycles. The van der Waals surface area contributed by atoms with Crippen molar-refractivity contribution in [3.05, 3.63) is 17.2 Å². The summed E-state index contributed by atoms with van der Waals surface area (Å²) in [5.41, 5.74) is -0.00275. The summed E-state index contributed by atoms with van der Waals surface area (Å²) in [4.78, 5) is 24.2. The van der Waals surface area contributed by atoms with Crippen LogP contribution in [0, 0.1) is 5.41 Å². The van der Waals surface area contributed by atoms with Crippen molar-refractivity contribution >= 4 is 38.9 Å². The quantitative estimate of drug-likeness (QED) is 0.431. The van der Waals surface area contributed by atoms with Gasteiger partial charge in [0.05, 0.1) is 10.7 Å². The van der Waals surface area contributed by atoms with Gasteiger partial charge in [0.2, 0.25) is 21.6 Å². The molecular formula is C21H30ClN3O5S. The Balaban J connectivity index is 1.84. The summed E-state index contributed by atoms with van der Waals surface area (Å²) in [7, 11) is -1.37. The minimum atomic E-state index is -4.02. The highest BCUT2D eigenvalue weighted by Gasteiger charge is 2.52. The highest BCUT2D eigenvalue weighted by atomic mass is 35.5. The van der Waals surface area contributed by atoms with Gasteiger partial charge in [-0.05, 0) is 50.2 Å². The third kappa shape index (κ3) is 4.46. The smallest absolute Gasteiger partial charge is 0.247 e. The molecule has 2 saturated carbocycles. The van der Waals surface area contributed by atoms with Crippen molar-refractivity contribution in [2.45, 2.75) is 69.0 Å². The number of hydrogen-bond acceptors (Lipinski definition) is 7. The van der Waals surface area contributed by atoms with E-state index in [9.17, 15) is 23.1 Å². The second-order valence-corrected chi connectivity index (χ2v) is 12.3. The summed E-state index contributed by atoms with van der Waals surface area (Å²) >= 11 is 6.04. The number of sulfonamides is 1. The maximum atomic E-state index is 12.6. The van der Waals surface area contributed by atoms with E-state index in [4.69, 9.17) is 11.6 Å². The van der Waals surface area contributed by atoms with Crippen LogP contribution in [-0.2, 0) is 19.6 Å². The van der Waals surface area contributed by atoms with E-state index in [2.05, 4.69) is 31.4 Å². The number of rotatable bonds is 6. The molecule has 3 rings (SSSR count). The number of Topliss-reactive ketones (excluding diaryl/α,β-unsaturated/α-hetero) is 2. The highest BCUT2D eigenvalue weighted by Crippen LogP contribution is 2.42. The molecule has 2 unspecified atom stereocenters. The first-order chi connectivity index (χ1) is 14.2. The average molecular weight is 472 g/mol. The molecule has 1 aromatic carbocycles. The SMILES string of the molecule is CN(C)S(=O)(=O)c1c(Cl)ccc(NC2C(=O)C(=O)C2NC2(C)CCC(C)(C)CC2)c1O. The van der Waals surface area contributed by atoms with Gasteiger partial charge in [0.15, 0.2) is 5.75 Å². The van der Waals surface area contributed by atoms with Crippen LogP contribution in [0.2, 0.25) is 5.02 Å². The Morgan fingerprint density at radius 2 is 1.58 bits per heavy atom. The number of phenolic OH excluding ortho intramolecular Hbond substituents is 1. The Labute approximate surface area is 188 Å². The van der Waals surface area contributed by atoms with Gasteiger partial charge in [-0.1, -0.05) is 25.4 Å². The number of carbonyl (C=O) groups excluding carboxylic acids is 2. The van der Waals surface area contributed by atoms with Gasteiger partial charge in [-0.25, -0.2) is 12.7 Å². The Hall–Kier alpha value is -1.68. The summed E-state index contributed by atoms with van der Waals surface area (Å²) in [6, 6.07) is 1.08. The lowest BCUT2D eigenvalue weighted by Crippen LogP contribution is -2.71. The number of benzene rings is 1. The van der Waals surface area contributed by atoms with Crippen LogP contribution in [0.3, 0.4) is 0 Å². The van der Waals surface area contributed by atoms with Gasteiger partial charge in [0.25, 0.3) is 0 Å². The summed E-state index contributed by atoms with van der Waals surface area (Å²) in [5, 5.41) is 16.7. The van der Waals surface area contributed by atoms with Crippen molar-refractivity contribution in [2.75, 3.05) is 19.4 Å². The zero-order valence-corrected chi connectivity index (χ0v) is 20.0. The standard InChI is InChI=1S/C21H30ClN3O5S/c1-20(2)8-10-21(3,11-9-20)24-15-14(17(27)18(15)28)23-13-7-6-12(22)19(16(13)26)31(29,30)25(4)5/h6-7,14-15,23-24,26H,8-11H2,1-5H3. The van der Waals surface area contributed by atoms with Gasteiger partial charge in [0, 0.05) is 19.6 Å². The number of hydrogen-bond donors (Lipinski definition) is 3. The van der Waals surface area contributed by atoms with Gasteiger partial charge in [-0.15, -0.1) is 0 Å². The summed E-state index contributed by atoms with van der Waals surface area (Å²) < 4.78 is 26.0. The van der Waals surface area contributed by atoms with Gasteiger partial charge in [-0.3, -0.25) is 14.9 Å². The number of aromatic hydroxyl groups is 1. The lowest BCUT2D eigenvalue weighted by Gasteiger charge is -2.46. The van der Waals surface area contributed by atoms with Crippen LogP contribution in [0.15, 0.2) is 17.0 Å². The van der Waals surface area contributed by atoms with Gasteiger partial charge < -0.3 is 10.4 Å². The third-order valence-corrected chi connectivity index (χ3v) is 8.80. The normalized spacial score (nSPS) is 25.4. The zero-order chi connectivity index (χ0) is 23.4. The molecule has 2 aliphatic carbocycles. The fraction of sp³-hybridized carbons (Fsp3) is 0.619. The van der Waals surface area contributed by atoms with Gasteiger partial charge in [-0.2, -0.15) is 0 Å². The number of nitrogens with zero attached hydrogens (tertiary/aromatic N) is 1. The van der Waals surface area contributed by atoms with E-state index in [0.717, 1.165) is 30.0 Å². The average Bonchev–Trinajstić information content (AvgIpc) is 2.68. The summed E-state index contributed by atoms with van der Waals surface area (Å²) in [6.07, 6.45) is 3.77. The molecule has 2 atom stereocenters. The largest absolute Gasteiger partial charge is 0.504 e. The Bertz CT molecular complexity index is 1010. The number of anilines is 1. The number of carbonyl (C=O) groups is 2. The lowest BCUT2D eigenvalue weighted by atomic mass is 9.69. The van der Waals surface area contributed by atoms with Crippen molar-refractivity contribution in [3.8, 4) is 5.75 Å². The molecule has 0 aromatic heterocycles. The topological polar surface area (TPSA) is 116 Å². The second kappa shape index (κ2) is 8.03. The maximum absolute atomic E-state index is 12.6. The van der Waals surface area contributed by atoms with Gasteiger partial charge >= 0.3 is 0 Å². The molecule has 0 radical (unpaired) electrons. The molecule has 8 nitrogen and oxygen atoms in total. The van der Waals surface area contributed by atoms with Crippen molar-refractivity contribution in [1.29, 1.82) is 0 Å². The molecule has 0 amide bonds. The van der Waals surface area contributed by atoms with Crippen molar-refractivity contribution in [2.24, 2.45) is 5.41 Å². The first-order valence-corrected chi connectivity index (χ1v) is 12.1. The zero-order valence-electron chi connectivity index (χ0n) is 18.5. The molecule has 1 aromatic rings. The van der Waals surface area contributed by atoms with E-state index < -0.39 is 44.3 Å². The van der Waals surface area contributed by atoms with E-state index in [1.807, 2.05) is 0 Å². The van der Waals surface area contributed by atoms with Crippen molar-refractivity contribution in [1.82, 2.24) is 9.62 Å². The number of phenols is 1. The number of nitrogens with one attached hydrogen (secondary N) is 2. The molecule has 2 aliphatic rings. The fourth-order valence-electron chi connectivity index (χ4n) is 4.07. The Kier molecular flexibility index (Phi) is 6.21. The Morgan fingerprint density at radius 3 is 2.13 bits per heavy atom. The third-order valence-electron chi connectivity index (χ3n) is 6.49. The van der Waals surface area contributed by atoms with Gasteiger partial charge in [0.1, 0.15) is 17.0 Å². The van der Waals surface area contributed by atoms with Crippen LogP contribution in [0.1, 0.15) is 46.5 Å². The van der Waals surface area contributed by atoms with Crippen LogP contribution in [-0.4, -0.2) is 61.1 Å². The first kappa shape index (κ1) is 24.0. The number of halogens is 1. The second-order valence-electron chi connectivity index (χ2n) is 9.76. The van der Waals surface area contributed by atoms with E-state index in [-0.39, 0.29) is 21.7 Å². The lowest BCUT2D eigenvalue weighted by molar-refractivity contribution is -0.146. The molecule has 0 heterocycles. The number of ketones is 2. The molecule has 31 heavy (non-hydrogen) atoms. The molecule has 2 fully saturated rings. The molecule has 0 bridgehead atoms. The van der Waals surface area contributed by atoms with Crippen molar-refractivity contribution in [3.63, 3.8) is 0 Å². The maximum Gasteiger partial charge on any atom is 0.247 e. The van der Waals surface area contributed by atoms with Crippen LogP contribution in [0.25, 0.3) is 0 Å². The highest BCUT2D eigenvalue weighted by molar-refractivity contribution is 7.89. The summed E-state index contributed by atoms with van der Waals surface area (Å²) in [5.74, 6) is -1.71. The molecule has 10 heteroatoms. The van der Waals surface area contributed by atoms with E-state index in [1.54, 1.807) is 0 Å². The first-order valence-electron chi connectivity index (χ1n) is 10.2. The van der Waals surface area contributed by atoms with Crippen LogP contribution >= 0.6 is 11.6 Å². The van der Waals surface area contributed by atoms with Crippen LogP contribution < -0.4 is 10.6 Å². The molecule has 172 valence electrons. The summed E-state index contributed by atoms with van der Waals surface area (Å²) in [6.45, 7) is 6.49. The monoisotopic (exact) mass is 471 g/mol.